The van der Waals surface area contributed by atoms with E-state index in [0.29, 0.717) is 12.2 Å². The maximum atomic E-state index is 12.8. The average molecular weight is 286 g/mol. The molecule has 0 saturated heterocycles. The van der Waals surface area contributed by atoms with E-state index < -0.39 is 5.91 Å². The number of benzene rings is 2. The first-order chi connectivity index (χ1) is 10.2. The van der Waals surface area contributed by atoms with E-state index in [9.17, 15) is 9.18 Å². The van der Waals surface area contributed by atoms with Gasteiger partial charge in [-0.15, -0.1) is 0 Å². The van der Waals surface area contributed by atoms with Crippen LogP contribution in [0.2, 0.25) is 0 Å². The van der Waals surface area contributed by atoms with E-state index in [1.54, 1.807) is 0 Å². The molecular weight excluding hydrogens is 271 g/mol. The Morgan fingerprint density at radius 3 is 2.76 bits per heavy atom. The predicted molar refractivity (Wildman–Crippen MR) is 79.1 cm³/mol. The lowest BCUT2D eigenvalue weighted by Gasteiger charge is -2.03. The van der Waals surface area contributed by atoms with Gasteiger partial charge in [-0.1, -0.05) is 12.1 Å². The van der Waals surface area contributed by atoms with Gasteiger partial charge in [-0.3, -0.25) is 4.79 Å². The van der Waals surface area contributed by atoms with Crippen molar-refractivity contribution in [3.63, 3.8) is 0 Å². The van der Waals surface area contributed by atoms with Crippen LogP contribution in [0.3, 0.4) is 0 Å². The molecule has 108 valence electrons. The van der Waals surface area contributed by atoms with Gasteiger partial charge in [0, 0.05) is 5.56 Å². The minimum atomic E-state index is -0.396. The van der Waals surface area contributed by atoms with E-state index in [0.717, 1.165) is 11.3 Å². The zero-order valence-electron chi connectivity index (χ0n) is 11.5. The molecule has 0 radical (unpaired) electrons. The summed E-state index contributed by atoms with van der Waals surface area (Å²) in [5, 5.41) is 3.87. The van der Waals surface area contributed by atoms with Gasteiger partial charge >= 0.3 is 0 Å². The molecular formula is C16H15FN2O2. The molecule has 0 saturated carbocycles. The van der Waals surface area contributed by atoms with Gasteiger partial charge in [-0.2, -0.15) is 5.10 Å². The number of hydrazone groups is 1. The molecule has 0 fully saturated rings. The van der Waals surface area contributed by atoms with Gasteiger partial charge in [-0.05, 0) is 48.9 Å². The summed E-state index contributed by atoms with van der Waals surface area (Å²) in [7, 11) is 0. The molecule has 5 heteroatoms. The smallest absolute Gasteiger partial charge is 0.271 e. The van der Waals surface area contributed by atoms with Gasteiger partial charge in [-0.25, -0.2) is 9.82 Å². The van der Waals surface area contributed by atoms with Crippen molar-refractivity contribution in [2.24, 2.45) is 5.10 Å². The minimum Gasteiger partial charge on any atom is -0.494 e. The molecule has 2 aromatic carbocycles. The molecule has 2 rings (SSSR count). The van der Waals surface area contributed by atoms with Gasteiger partial charge in [0.25, 0.3) is 5.91 Å². The molecule has 0 heterocycles. The third-order valence-electron chi connectivity index (χ3n) is 2.66. The Balaban J connectivity index is 1.97. The van der Waals surface area contributed by atoms with Crippen LogP contribution in [0, 0.1) is 5.82 Å². The zero-order valence-corrected chi connectivity index (χ0v) is 11.5. The largest absolute Gasteiger partial charge is 0.494 e. The fourth-order valence-electron chi connectivity index (χ4n) is 1.68. The van der Waals surface area contributed by atoms with Crippen molar-refractivity contribution in [2.45, 2.75) is 6.92 Å². The van der Waals surface area contributed by atoms with Gasteiger partial charge in [0.05, 0.1) is 12.8 Å². The highest BCUT2D eigenvalue weighted by Crippen LogP contribution is 2.11. The van der Waals surface area contributed by atoms with E-state index >= 15 is 0 Å². The van der Waals surface area contributed by atoms with Crippen LogP contribution in [0.1, 0.15) is 22.8 Å². The summed E-state index contributed by atoms with van der Waals surface area (Å²) in [5.74, 6) is -0.0404. The minimum absolute atomic E-state index is 0.344. The average Bonchev–Trinajstić information content (AvgIpc) is 2.48. The second kappa shape index (κ2) is 7.19. The van der Waals surface area contributed by atoms with Gasteiger partial charge < -0.3 is 4.74 Å². The second-order valence-electron chi connectivity index (χ2n) is 4.21. The maximum absolute atomic E-state index is 12.8. The number of amides is 1. The van der Waals surface area contributed by atoms with Crippen molar-refractivity contribution in [3.8, 4) is 5.75 Å². The lowest BCUT2D eigenvalue weighted by Crippen LogP contribution is -2.17. The molecule has 0 atom stereocenters. The van der Waals surface area contributed by atoms with E-state index in [4.69, 9.17) is 4.74 Å². The number of carbonyl (C=O) groups is 1. The lowest BCUT2D eigenvalue weighted by molar-refractivity contribution is 0.0955. The molecule has 0 bridgehead atoms. The predicted octanol–water partition coefficient (Wildman–Crippen LogP) is 2.99. The number of carbonyl (C=O) groups excluding carboxylic acids is 1. The zero-order chi connectivity index (χ0) is 15.1. The third-order valence-corrected chi connectivity index (χ3v) is 2.66. The van der Waals surface area contributed by atoms with E-state index in [2.05, 4.69) is 10.5 Å². The number of hydrogen-bond donors (Lipinski definition) is 1. The fourth-order valence-corrected chi connectivity index (χ4v) is 1.68. The summed E-state index contributed by atoms with van der Waals surface area (Å²) in [4.78, 5) is 11.7. The number of ether oxygens (including phenoxy) is 1. The van der Waals surface area contributed by atoms with Crippen LogP contribution in [0.15, 0.2) is 53.6 Å². The summed E-state index contributed by atoms with van der Waals surface area (Å²) in [6, 6.07) is 12.6. The fraction of sp³-hybridized carbons (Fsp3) is 0.125. The second-order valence-corrected chi connectivity index (χ2v) is 4.21. The molecule has 0 aromatic heterocycles. The van der Waals surface area contributed by atoms with Crippen molar-refractivity contribution in [3.05, 3.63) is 65.5 Å². The van der Waals surface area contributed by atoms with Gasteiger partial charge in [0.2, 0.25) is 0 Å². The molecule has 0 aliphatic rings. The number of rotatable bonds is 5. The van der Waals surface area contributed by atoms with E-state index in [-0.39, 0.29) is 5.82 Å². The van der Waals surface area contributed by atoms with Crippen LogP contribution in [0.4, 0.5) is 4.39 Å². The third kappa shape index (κ3) is 4.42. The Morgan fingerprint density at radius 2 is 2.05 bits per heavy atom. The van der Waals surface area contributed by atoms with Crippen LogP contribution in [-0.2, 0) is 0 Å². The highest BCUT2D eigenvalue weighted by atomic mass is 19.1. The topological polar surface area (TPSA) is 50.7 Å². The summed E-state index contributed by atoms with van der Waals surface area (Å²) in [6.45, 7) is 2.49. The summed E-state index contributed by atoms with van der Waals surface area (Å²) in [5.41, 5.74) is 3.54. The van der Waals surface area contributed by atoms with E-state index in [1.165, 1.54) is 30.5 Å². The highest BCUT2D eigenvalue weighted by molar-refractivity contribution is 5.94. The molecule has 0 unspecified atom stereocenters. The standard InChI is InChI=1S/C16H15FN2O2/c1-2-21-15-5-3-4-12(10-15)11-18-19-16(20)13-6-8-14(17)9-7-13/h3-11H,2H2,1H3,(H,19,20)/b18-11+. The highest BCUT2D eigenvalue weighted by Gasteiger charge is 2.03. The van der Waals surface area contributed by atoms with Crippen LogP contribution in [0.25, 0.3) is 0 Å². The summed E-state index contributed by atoms with van der Waals surface area (Å²) < 4.78 is 18.1. The Hall–Kier alpha value is -2.69. The first-order valence-corrected chi connectivity index (χ1v) is 6.51. The van der Waals surface area contributed by atoms with Crippen molar-refractivity contribution in [2.75, 3.05) is 6.61 Å². The normalized spacial score (nSPS) is 10.6. The van der Waals surface area contributed by atoms with Crippen molar-refractivity contribution in [1.82, 2.24) is 5.43 Å². The molecule has 4 nitrogen and oxygen atoms in total. The number of halogens is 1. The molecule has 2 aromatic rings. The molecule has 0 aliphatic carbocycles. The molecule has 1 amide bonds. The number of nitrogens with zero attached hydrogens (tertiary/aromatic N) is 1. The van der Waals surface area contributed by atoms with E-state index in [1.807, 2.05) is 31.2 Å². The quantitative estimate of drug-likeness (QED) is 0.678. The first-order valence-electron chi connectivity index (χ1n) is 6.51. The molecule has 21 heavy (non-hydrogen) atoms. The monoisotopic (exact) mass is 286 g/mol. The Kier molecular flexibility index (Phi) is 5.04. The van der Waals surface area contributed by atoms with Crippen LogP contribution in [0.5, 0.6) is 5.75 Å². The molecule has 0 aliphatic heterocycles. The van der Waals surface area contributed by atoms with Crippen LogP contribution in [-0.4, -0.2) is 18.7 Å². The SMILES string of the molecule is CCOc1cccc(/C=N/NC(=O)c2ccc(F)cc2)c1. The lowest BCUT2D eigenvalue weighted by atomic mass is 10.2. The van der Waals surface area contributed by atoms with Crippen LogP contribution >= 0.6 is 0 Å². The van der Waals surface area contributed by atoms with Crippen molar-refractivity contribution in [1.29, 1.82) is 0 Å². The summed E-state index contributed by atoms with van der Waals surface area (Å²) >= 11 is 0. The maximum Gasteiger partial charge on any atom is 0.271 e. The molecule has 1 N–H and O–H groups in total. The van der Waals surface area contributed by atoms with Gasteiger partial charge in [0.1, 0.15) is 11.6 Å². The Bertz CT molecular complexity index is 639. The van der Waals surface area contributed by atoms with Crippen LogP contribution < -0.4 is 10.2 Å². The number of hydrogen-bond acceptors (Lipinski definition) is 3. The Labute approximate surface area is 122 Å². The number of nitrogens with one attached hydrogen (secondary N) is 1. The molecule has 0 spiro atoms. The van der Waals surface area contributed by atoms with Crippen molar-refractivity contribution < 1.29 is 13.9 Å². The first kappa shape index (κ1) is 14.7. The van der Waals surface area contributed by atoms with Gasteiger partial charge in [0.15, 0.2) is 0 Å². The van der Waals surface area contributed by atoms with Crippen molar-refractivity contribution >= 4 is 12.1 Å². The summed E-state index contributed by atoms with van der Waals surface area (Å²) in [6.07, 6.45) is 1.52. The Morgan fingerprint density at radius 1 is 1.29 bits per heavy atom.